The van der Waals surface area contributed by atoms with Crippen LogP contribution in [0.4, 0.5) is 5.69 Å². The molecule has 1 saturated carbocycles. The molecule has 1 amide bonds. The summed E-state index contributed by atoms with van der Waals surface area (Å²) in [7, 11) is 0. The van der Waals surface area contributed by atoms with Gasteiger partial charge in [0.15, 0.2) is 0 Å². The van der Waals surface area contributed by atoms with E-state index in [0.29, 0.717) is 18.8 Å². The van der Waals surface area contributed by atoms with Gasteiger partial charge in [-0.1, -0.05) is 11.6 Å². The second kappa shape index (κ2) is 7.07. The maximum atomic E-state index is 12.7. The van der Waals surface area contributed by atoms with Crippen molar-refractivity contribution in [1.29, 1.82) is 0 Å². The predicted octanol–water partition coefficient (Wildman–Crippen LogP) is 1.16. The molecular weight excluding hydrogens is 366 g/mol. The zero-order valence-corrected chi connectivity index (χ0v) is 15.8. The number of amides is 1. The Morgan fingerprint density at radius 1 is 1.22 bits per heavy atom. The fourth-order valence-electron chi connectivity index (χ4n) is 3.94. The molecule has 1 aromatic carbocycles. The molecule has 27 heavy (non-hydrogen) atoms. The van der Waals surface area contributed by atoms with E-state index in [-0.39, 0.29) is 18.4 Å². The van der Waals surface area contributed by atoms with E-state index in [1.807, 2.05) is 29.4 Å². The minimum absolute atomic E-state index is 0.0389. The Kier molecular flexibility index (Phi) is 4.57. The van der Waals surface area contributed by atoms with Crippen molar-refractivity contribution in [2.75, 3.05) is 31.3 Å². The Hall–Kier alpha value is -1.64. The summed E-state index contributed by atoms with van der Waals surface area (Å²) >= 11 is 6.23. The molecule has 2 saturated heterocycles. The van der Waals surface area contributed by atoms with Crippen molar-refractivity contribution >= 4 is 23.2 Å². The van der Waals surface area contributed by atoms with E-state index >= 15 is 0 Å². The molecule has 2 unspecified atom stereocenters. The molecule has 0 aromatic heterocycles. The molecule has 2 atom stereocenters. The molecule has 3 heterocycles. The highest BCUT2D eigenvalue weighted by molar-refractivity contribution is 6.30. The number of benzene rings is 1. The highest BCUT2D eigenvalue weighted by atomic mass is 35.5. The zero-order chi connectivity index (χ0) is 18.4. The van der Waals surface area contributed by atoms with Crippen molar-refractivity contribution < 1.29 is 9.53 Å². The van der Waals surface area contributed by atoms with Crippen molar-refractivity contribution in [3.05, 3.63) is 40.6 Å². The van der Waals surface area contributed by atoms with Gasteiger partial charge >= 0.3 is 0 Å². The Morgan fingerprint density at radius 2 is 2.04 bits per heavy atom. The van der Waals surface area contributed by atoms with Gasteiger partial charge in [0, 0.05) is 24.3 Å². The van der Waals surface area contributed by atoms with Crippen LogP contribution in [-0.4, -0.2) is 49.6 Å². The summed E-state index contributed by atoms with van der Waals surface area (Å²) in [4.78, 5) is 14.9. The molecule has 0 spiro atoms. The SMILES string of the molecule is O=C1NC(N2CCOCC2)NC2NN(c3ccc(Cl)cc3CC3CC3)C=C12. The largest absolute Gasteiger partial charge is 0.379 e. The van der Waals surface area contributed by atoms with Gasteiger partial charge < -0.3 is 10.1 Å². The molecule has 144 valence electrons. The van der Waals surface area contributed by atoms with Gasteiger partial charge in [-0.3, -0.25) is 20.0 Å². The Labute approximate surface area is 163 Å². The summed E-state index contributed by atoms with van der Waals surface area (Å²) in [6.45, 7) is 2.98. The third-order valence-electron chi connectivity index (χ3n) is 5.62. The van der Waals surface area contributed by atoms with Crippen molar-refractivity contribution in [1.82, 2.24) is 21.0 Å². The highest BCUT2D eigenvalue weighted by Crippen LogP contribution is 2.37. The van der Waals surface area contributed by atoms with Crippen LogP contribution in [0.15, 0.2) is 30.0 Å². The molecule has 1 aliphatic carbocycles. The first-order valence-corrected chi connectivity index (χ1v) is 9.99. The lowest BCUT2D eigenvalue weighted by Crippen LogP contribution is -2.68. The Bertz CT molecular complexity index is 775. The molecule has 5 rings (SSSR count). The third-order valence-corrected chi connectivity index (χ3v) is 5.85. The van der Waals surface area contributed by atoms with Gasteiger partial charge in [0.25, 0.3) is 5.91 Å². The first-order valence-electron chi connectivity index (χ1n) is 9.61. The number of carbonyl (C=O) groups is 1. The number of hydrogen-bond donors (Lipinski definition) is 3. The van der Waals surface area contributed by atoms with Gasteiger partial charge in [-0.05, 0) is 48.9 Å². The predicted molar refractivity (Wildman–Crippen MR) is 103 cm³/mol. The number of hydrogen-bond acceptors (Lipinski definition) is 6. The van der Waals surface area contributed by atoms with E-state index in [1.165, 1.54) is 18.4 Å². The van der Waals surface area contributed by atoms with Gasteiger partial charge in [0.1, 0.15) is 12.5 Å². The maximum Gasteiger partial charge on any atom is 0.254 e. The van der Waals surface area contributed by atoms with Crippen LogP contribution >= 0.6 is 11.6 Å². The third kappa shape index (κ3) is 3.58. The molecule has 3 aliphatic heterocycles. The van der Waals surface area contributed by atoms with E-state index in [1.54, 1.807) is 0 Å². The summed E-state index contributed by atoms with van der Waals surface area (Å²) < 4.78 is 5.41. The minimum Gasteiger partial charge on any atom is -0.379 e. The minimum atomic E-state index is -0.212. The van der Waals surface area contributed by atoms with E-state index in [4.69, 9.17) is 16.3 Å². The average Bonchev–Trinajstić information content (AvgIpc) is 3.38. The number of halogens is 1. The normalized spacial score (nSPS) is 28.7. The van der Waals surface area contributed by atoms with Gasteiger partial charge in [-0.15, -0.1) is 0 Å². The molecule has 4 aliphatic rings. The van der Waals surface area contributed by atoms with Crippen LogP contribution < -0.4 is 21.1 Å². The van der Waals surface area contributed by atoms with Gasteiger partial charge in [0.2, 0.25) is 0 Å². The van der Waals surface area contributed by atoms with Crippen LogP contribution in [-0.2, 0) is 16.0 Å². The zero-order valence-electron chi connectivity index (χ0n) is 15.1. The Morgan fingerprint density at radius 3 is 2.81 bits per heavy atom. The standard InChI is InChI=1S/C19H24ClN5O2/c20-14-3-4-16(13(10-14)9-12-1-2-12)25-11-15-17(23-25)21-19(22-18(15)26)24-5-7-27-8-6-24/h3-4,10-12,17,19,21,23H,1-2,5-9H2,(H,22,26). The monoisotopic (exact) mass is 389 g/mol. The number of nitrogens with zero attached hydrogens (tertiary/aromatic N) is 2. The average molecular weight is 390 g/mol. The second-order valence-corrected chi connectivity index (χ2v) is 8.06. The van der Waals surface area contributed by atoms with Crippen LogP contribution in [0.5, 0.6) is 0 Å². The van der Waals surface area contributed by atoms with E-state index < -0.39 is 0 Å². The number of morpholine rings is 1. The van der Waals surface area contributed by atoms with Crippen molar-refractivity contribution in [2.45, 2.75) is 31.7 Å². The molecule has 0 radical (unpaired) electrons. The van der Waals surface area contributed by atoms with Crippen LogP contribution in [0.3, 0.4) is 0 Å². The van der Waals surface area contributed by atoms with E-state index in [2.05, 4.69) is 21.0 Å². The summed E-state index contributed by atoms with van der Waals surface area (Å²) in [6.07, 6.45) is 5.09. The molecule has 0 bridgehead atoms. The maximum absolute atomic E-state index is 12.7. The first-order chi connectivity index (χ1) is 13.2. The summed E-state index contributed by atoms with van der Waals surface area (Å²) in [5.74, 6) is 0.717. The lowest BCUT2D eigenvalue weighted by Gasteiger charge is -2.40. The van der Waals surface area contributed by atoms with Crippen LogP contribution in [0.25, 0.3) is 0 Å². The lowest BCUT2D eigenvalue weighted by atomic mass is 10.1. The quantitative estimate of drug-likeness (QED) is 0.718. The number of rotatable bonds is 4. The fourth-order valence-corrected chi connectivity index (χ4v) is 4.14. The topological polar surface area (TPSA) is 68.9 Å². The Balaban J connectivity index is 1.35. The molecule has 1 aromatic rings. The number of carbonyl (C=O) groups excluding carboxylic acids is 1. The smallest absolute Gasteiger partial charge is 0.254 e. The lowest BCUT2D eigenvalue weighted by molar-refractivity contribution is -0.123. The molecule has 3 fully saturated rings. The van der Waals surface area contributed by atoms with Crippen LogP contribution in [0.1, 0.15) is 18.4 Å². The first kappa shape index (κ1) is 17.5. The van der Waals surface area contributed by atoms with Crippen molar-refractivity contribution in [3.8, 4) is 0 Å². The van der Waals surface area contributed by atoms with Gasteiger partial charge in [-0.25, -0.2) is 5.43 Å². The van der Waals surface area contributed by atoms with Crippen molar-refractivity contribution in [3.63, 3.8) is 0 Å². The molecule has 8 heteroatoms. The van der Waals surface area contributed by atoms with Crippen LogP contribution in [0.2, 0.25) is 5.02 Å². The number of anilines is 1. The number of nitrogens with one attached hydrogen (secondary N) is 3. The van der Waals surface area contributed by atoms with E-state index in [9.17, 15) is 4.79 Å². The van der Waals surface area contributed by atoms with Gasteiger partial charge in [0.05, 0.1) is 24.5 Å². The van der Waals surface area contributed by atoms with Crippen LogP contribution in [0, 0.1) is 5.92 Å². The molecular formula is C19H24ClN5O2. The number of fused-ring (bicyclic) bond motifs is 1. The fraction of sp³-hybridized carbons (Fsp3) is 0.526. The summed E-state index contributed by atoms with van der Waals surface area (Å²) in [5.41, 5.74) is 6.41. The molecule has 3 N–H and O–H groups in total. The van der Waals surface area contributed by atoms with Crippen molar-refractivity contribution in [2.24, 2.45) is 5.92 Å². The highest BCUT2D eigenvalue weighted by Gasteiger charge is 2.39. The van der Waals surface area contributed by atoms with Gasteiger partial charge in [-0.2, -0.15) is 0 Å². The van der Waals surface area contributed by atoms with E-state index in [0.717, 1.165) is 36.1 Å². The number of ether oxygens (including phenoxy) is 1. The molecule has 7 nitrogen and oxygen atoms in total. The second-order valence-electron chi connectivity index (χ2n) is 7.63. The number of hydrazine groups is 1. The summed E-state index contributed by atoms with van der Waals surface area (Å²) in [5, 5.41) is 9.26. The summed E-state index contributed by atoms with van der Waals surface area (Å²) in [6, 6.07) is 5.97.